The van der Waals surface area contributed by atoms with Crippen LogP contribution in [0.15, 0.2) is 67.3 Å². The fraction of sp³-hybridized carbons (Fsp3) is 0.111. The predicted molar refractivity (Wildman–Crippen MR) is 91.3 cm³/mol. The summed E-state index contributed by atoms with van der Waals surface area (Å²) >= 11 is 5.91. The number of nitrogens with zero attached hydrogens (tertiary/aromatic N) is 4. The van der Waals surface area contributed by atoms with Gasteiger partial charge in [0.15, 0.2) is 0 Å². The molecule has 0 atom stereocenters. The van der Waals surface area contributed by atoms with E-state index in [0.29, 0.717) is 23.9 Å². The van der Waals surface area contributed by atoms with E-state index in [0.717, 1.165) is 11.1 Å². The molecule has 3 heterocycles. The van der Waals surface area contributed by atoms with Crippen molar-refractivity contribution in [2.75, 3.05) is 0 Å². The minimum absolute atomic E-state index is 0.182. The highest BCUT2D eigenvalue weighted by Crippen LogP contribution is 2.14. The van der Waals surface area contributed by atoms with Gasteiger partial charge in [-0.15, -0.1) is 0 Å². The van der Waals surface area contributed by atoms with E-state index >= 15 is 0 Å². The summed E-state index contributed by atoms with van der Waals surface area (Å²) < 4.78 is 0. The highest BCUT2D eigenvalue weighted by atomic mass is 35.5. The van der Waals surface area contributed by atoms with Gasteiger partial charge in [-0.1, -0.05) is 23.7 Å². The van der Waals surface area contributed by atoms with Crippen LogP contribution in [0.4, 0.5) is 0 Å². The molecule has 3 aromatic heterocycles. The van der Waals surface area contributed by atoms with Gasteiger partial charge in [0.1, 0.15) is 10.8 Å². The Morgan fingerprint density at radius 2 is 1.71 bits per heavy atom. The summed E-state index contributed by atoms with van der Waals surface area (Å²) in [4.78, 5) is 26.8. The Labute approximate surface area is 145 Å². The number of carbonyl (C=O) groups excluding carboxylic acids is 1. The molecule has 0 saturated heterocycles. The molecule has 3 aromatic rings. The zero-order valence-corrected chi connectivity index (χ0v) is 13.6. The van der Waals surface area contributed by atoms with Crippen molar-refractivity contribution >= 4 is 17.5 Å². The Kier molecular flexibility index (Phi) is 5.13. The van der Waals surface area contributed by atoms with Crippen molar-refractivity contribution in [3.8, 4) is 0 Å². The van der Waals surface area contributed by atoms with E-state index in [4.69, 9.17) is 11.6 Å². The van der Waals surface area contributed by atoms with Crippen LogP contribution in [0.25, 0.3) is 0 Å². The number of pyridine rings is 3. The van der Waals surface area contributed by atoms with Crippen LogP contribution in [0.1, 0.15) is 21.6 Å². The molecule has 5 nitrogen and oxygen atoms in total. The van der Waals surface area contributed by atoms with Crippen LogP contribution < -0.4 is 0 Å². The topological polar surface area (TPSA) is 59.0 Å². The lowest BCUT2D eigenvalue weighted by Gasteiger charge is -2.22. The van der Waals surface area contributed by atoms with Crippen LogP contribution in [0.2, 0.25) is 5.15 Å². The fourth-order valence-corrected chi connectivity index (χ4v) is 2.47. The molecule has 1 amide bonds. The number of amides is 1. The quantitative estimate of drug-likeness (QED) is 0.669. The molecule has 0 bridgehead atoms. The van der Waals surface area contributed by atoms with Crippen molar-refractivity contribution in [3.05, 3.63) is 89.2 Å². The van der Waals surface area contributed by atoms with Gasteiger partial charge in [-0.2, -0.15) is 0 Å². The highest BCUT2D eigenvalue weighted by Gasteiger charge is 2.18. The van der Waals surface area contributed by atoms with Gasteiger partial charge in [-0.05, 0) is 41.5 Å². The molecule has 0 fully saturated rings. The maximum absolute atomic E-state index is 12.9. The van der Waals surface area contributed by atoms with Crippen LogP contribution in [-0.2, 0) is 13.1 Å². The number of carbonyl (C=O) groups is 1. The Hall–Kier alpha value is -2.79. The summed E-state index contributed by atoms with van der Waals surface area (Å²) in [7, 11) is 0. The van der Waals surface area contributed by atoms with E-state index < -0.39 is 0 Å². The predicted octanol–water partition coefficient (Wildman–Crippen LogP) is 3.37. The van der Waals surface area contributed by atoms with E-state index in [9.17, 15) is 4.79 Å². The second-order valence-corrected chi connectivity index (χ2v) is 5.61. The first-order valence-electron chi connectivity index (χ1n) is 7.42. The van der Waals surface area contributed by atoms with Crippen LogP contribution in [0.5, 0.6) is 0 Å². The first kappa shape index (κ1) is 16.1. The van der Waals surface area contributed by atoms with Crippen LogP contribution in [-0.4, -0.2) is 25.8 Å². The minimum Gasteiger partial charge on any atom is -0.329 e. The van der Waals surface area contributed by atoms with Crippen LogP contribution in [0.3, 0.4) is 0 Å². The van der Waals surface area contributed by atoms with Gasteiger partial charge in [0.2, 0.25) is 0 Å². The largest absolute Gasteiger partial charge is 0.329 e. The van der Waals surface area contributed by atoms with Crippen LogP contribution in [0, 0.1) is 0 Å². The molecule has 24 heavy (non-hydrogen) atoms. The minimum atomic E-state index is -0.182. The third-order valence-corrected chi connectivity index (χ3v) is 3.65. The molecule has 0 N–H and O–H groups in total. The van der Waals surface area contributed by atoms with Crippen molar-refractivity contribution in [2.24, 2.45) is 0 Å². The Balaban J connectivity index is 1.87. The highest BCUT2D eigenvalue weighted by molar-refractivity contribution is 6.29. The average molecular weight is 339 g/mol. The monoisotopic (exact) mass is 338 g/mol. The summed E-state index contributed by atoms with van der Waals surface area (Å²) in [6, 6.07) is 12.6. The zero-order chi connectivity index (χ0) is 16.8. The van der Waals surface area contributed by atoms with Gasteiger partial charge in [-0.25, -0.2) is 4.98 Å². The first-order chi connectivity index (χ1) is 11.7. The lowest BCUT2D eigenvalue weighted by atomic mass is 10.2. The van der Waals surface area contributed by atoms with Crippen molar-refractivity contribution in [1.82, 2.24) is 19.9 Å². The lowest BCUT2D eigenvalue weighted by Crippen LogP contribution is -2.30. The van der Waals surface area contributed by atoms with Gasteiger partial charge in [0.05, 0.1) is 0 Å². The molecule has 0 aliphatic heterocycles. The summed E-state index contributed by atoms with van der Waals surface area (Å²) in [5.74, 6) is -0.182. The SMILES string of the molecule is O=C(c1cccc(Cl)n1)N(Cc1ccncc1)Cc1cccnc1. The third kappa shape index (κ3) is 4.14. The summed E-state index contributed by atoms with van der Waals surface area (Å²) in [5.41, 5.74) is 2.26. The lowest BCUT2D eigenvalue weighted by molar-refractivity contribution is 0.0724. The second-order valence-electron chi connectivity index (χ2n) is 5.22. The van der Waals surface area contributed by atoms with Crippen molar-refractivity contribution in [2.45, 2.75) is 13.1 Å². The van der Waals surface area contributed by atoms with Gasteiger partial charge in [0.25, 0.3) is 5.91 Å². The number of hydrogen-bond donors (Lipinski definition) is 0. The Morgan fingerprint density at radius 1 is 0.917 bits per heavy atom. The second kappa shape index (κ2) is 7.66. The first-order valence-corrected chi connectivity index (χ1v) is 7.80. The maximum atomic E-state index is 12.9. The molecule has 6 heteroatoms. The number of halogens is 1. The number of rotatable bonds is 5. The van der Waals surface area contributed by atoms with E-state index in [2.05, 4.69) is 15.0 Å². The van der Waals surface area contributed by atoms with E-state index in [1.807, 2.05) is 24.3 Å². The average Bonchev–Trinajstić information content (AvgIpc) is 2.62. The normalized spacial score (nSPS) is 10.4. The number of aromatic nitrogens is 3. The molecular formula is C18H15ClN4O. The summed E-state index contributed by atoms with van der Waals surface area (Å²) in [5, 5.41) is 0.297. The van der Waals surface area contributed by atoms with Gasteiger partial charge < -0.3 is 4.90 Å². The molecular weight excluding hydrogens is 324 g/mol. The van der Waals surface area contributed by atoms with Gasteiger partial charge in [-0.3, -0.25) is 14.8 Å². The molecule has 0 aliphatic rings. The van der Waals surface area contributed by atoms with Crippen molar-refractivity contribution < 1.29 is 4.79 Å². The Morgan fingerprint density at radius 3 is 2.42 bits per heavy atom. The zero-order valence-electron chi connectivity index (χ0n) is 12.8. The van der Waals surface area contributed by atoms with Crippen LogP contribution >= 0.6 is 11.6 Å². The third-order valence-electron chi connectivity index (χ3n) is 3.44. The van der Waals surface area contributed by atoms with E-state index in [1.54, 1.807) is 47.9 Å². The summed E-state index contributed by atoms with van der Waals surface area (Å²) in [6.45, 7) is 0.883. The van der Waals surface area contributed by atoms with Gasteiger partial charge in [0, 0.05) is 37.9 Å². The van der Waals surface area contributed by atoms with E-state index in [1.165, 1.54) is 0 Å². The maximum Gasteiger partial charge on any atom is 0.273 e. The molecule has 0 aromatic carbocycles. The molecule has 0 saturated carbocycles. The van der Waals surface area contributed by atoms with Crippen molar-refractivity contribution in [3.63, 3.8) is 0 Å². The Bertz CT molecular complexity index is 770. The molecule has 0 unspecified atom stereocenters. The number of hydrogen-bond acceptors (Lipinski definition) is 4. The van der Waals surface area contributed by atoms with E-state index in [-0.39, 0.29) is 5.91 Å². The standard InChI is InChI=1S/C18H15ClN4O/c19-17-5-1-4-16(22-17)18(24)23(12-14-6-9-20-10-7-14)13-15-3-2-8-21-11-15/h1-11H,12-13H2. The van der Waals surface area contributed by atoms with Crippen molar-refractivity contribution in [1.29, 1.82) is 0 Å². The van der Waals surface area contributed by atoms with Gasteiger partial charge >= 0.3 is 0 Å². The fourth-order valence-electron chi connectivity index (χ4n) is 2.31. The summed E-state index contributed by atoms with van der Waals surface area (Å²) in [6.07, 6.45) is 6.87. The molecule has 120 valence electrons. The molecule has 3 rings (SSSR count). The molecule has 0 spiro atoms. The molecule has 0 radical (unpaired) electrons. The molecule has 0 aliphatic carbocycles. The smallest absolute Gasteiger partial charge is 0.273 e.